The smallest absolute Gasteiger partial charge is 0.123 e. The van der Waals surface area contributed by atoms with Crippen LogP contribution in [0.3, 0.4) is 0 Å². The lowest BCUT2D eigenvalue weighted by Gasteiger charge is -2.07. The van der Waals surface area contributed by atoms with Gasteiger partial charge < -0.3 is 11.5 Å². The van der Waals surface area contributed by atoms with Crippen molar-refractivity contribution in [3.63, 3.8) is 0 Å². The summed E-state index contributed by atoms with van der Waals surface area (Å²) in [5.41, 5.74) is 13.2. The summed E-state index contributed by atoms with van der Waals surface area (Å²) in [6.45, 7) is 1.75. The molecule has 0 atom stereocenters. The SMILES string of the molecule is CN=C(N)/C(C)=C(\N)c1cccc(F)c1. The van der Waals surface area contributed by atoms with Crippen LogP contribution >= 0.6 is 0 Å². The highest BCUT2D eigenvalue weighted by Crippen LogP contribution is 2.14. The fraction of sp³-hybridized carbons (Fsp3) is 0.182. The topological polar surface area (TPSA) is 64.4 Å². The van der Waals surface area contributed by atoms with E-state index in [9.17, 15) is 4.39 Å². The number of nitrogens with two attached hydrogens (primary N) is 2. The monoisotopic (exact) mass is 207 g/mol. The molecule has 0 amide bonds. The maximum atomic E-state index is 12.9. The van der Waals surface area contributed by atoms with Gasteiger partial charge in [0.15, 0.2) is 0 Å². The first kappa shape index (κ1) is 11.2. The van der Waals surface area contributed by atoms with Gasteiger partial charge in [-0.1, -0.05) is 12.1 Å². The fourth-order valence-corrected chi connectivity index (χ4v) is 1.18. The molecule has 0 aromatic heterocycles. The maximum Gasteiger partial charge on any atom is 0.123 e. The Morgan fingerprint density at radius 3 is 2.53 bits per heavy atom. The summed E-state index contributed by atoms with van der Waals surface area (Å²) in [7, 11) is 1.58. The largest absolute Gasteiger partial charge is 0.398 e. The molecule has 3 nitrogen and oxygen atoms in total. The molecule has 4 N–H and O–H groups in total. The van der Waals surface area contributed by atoms with Crippen LogP contribution in [0.15, 0.2) is 34.8 Å². The van der Waals surface area contributed by atoms with Crippen LogP contribution < -0.4 is 11.5 Å². The quantitative estimate of drug-likeness (QED) is 0.570. The van der Waals surface area contributed by atoms with E-state index in [0.29, 0.717) is 22.7 Å². The van der Waals surface area contributed by atoms with E-state index in [1.54, 1.807) is 26.1 Å². The van der Waals surface area contributed by atoms with E-state index in [-0.39, 0.29) is 5.82 Å². The fourth-order valence-electron chi connectivity index (χ4n) is 1.18. The minimum Gasteiger partial charge on any atom is -0.398 e. The van der Waals surface area contributed by atoms with Crippen LogP contribution in [0.1, 0.15) is 12.5 Å². The minimum absolute atomic E-state index is 0.324. The molecule has 0 fully saturated rings. The van der Waals surface area contributed by atoms with E-state index in [2.05, 4.69) is 4.99 Å². The minimum atomic E-state index is -0.324. The van der Waals surface area contributed by atoms with Crippen LogP contribution in [0.25, 0.3) is 5.70 Å². The van der Waals surface area contributed by atoms with Crippen molar-refractivity contribution >= 4 is 11.5 Å². The molecule has 0 radical (unpaired) electrons. The lowest BCUT2D eigenvalue weighted by atomic mass is 10.1. The molecule has 1 aromatic rings. The summed E-state index contributed by atoms with van der Waals surface area (Å²) >= 11 is 0. The van der Waals surface area contributed by atoms with Crippen molar-refractivity contribution in [2.45, 2.75) is 6.92 Å². The van der Waals surface area contributed by atoms with Gasteiger partial charge in [-0.15, -0.1) is 0 Å². The number of aliphatic imine (C=N–C) groups is 1. The standard InChI is InChI=1S/C11H14FN3/c1-7(11(14)15-2)10(13)8-4-3-5-9(12)6-8/h3-6H,13H2,1-2H3,(H2,14,15)/b10-7-. The summed E-state index contributed by atoms with van der Waals surface area (Å²) < 4.78 is 12.9. The first-order valence-electron chi connectivity index (χ1n) is 4.51. The maximum absolute atomic E-state index is 12.9. The van der Waals surface area contributed by atoms with Crippen molar-refractivity contribution in [2.75, 3.05) is 7.05 Å². The molecule has 0 unspecified atom stereocenters. The summed E-state index contributed by atoms with van der Waals surface area (Å²) in [5.74, 6) is 0.0343. The van der Waals surface area contributed by atoms with Crippen molar-refractivity contribution in [1.82, 2.24) is 0 Å². The second kappa shape index (κ2) is 4.59. The Kier molecular flexibility index (Phi) is 3.44. The molecule has 1 aromatic carbocycles. The van der Waals surface area contributed by atoms with Gasteiger partial charge in [0.1, 0.15) is 11.7 Å². The average molecular weight is 207 g/mol. The van der Waals surface area contributed by atoms with E-state index < -0.39 is 0 Å². The first-order chi connectivity index (χ1) is 7.06. The third-order valence-electron chi connectivity index (χ3n) is 2.16. The van der Waals surface area contributed by atoms with E-state index in [4.69, 9.17) is 11.5 Å². The Morgan fingerprint density at radius 2 is 2.00 bits per heavy atom. The second-order valence-electron chi connectivity index (χ2n) is 3.16. The van der Waals surface area contributed by atoms with Crippen LogP contribution in [-0.2, 0) is 0 Å². The molecule has 0 aliphatic carbocycles. The highest BCUT2D eigenvalue weighted by molar-refractivity contribution is 6.02. The Labute approximate surface area is 88.3 Å². The molecule has 0 saturated carbocycles. The molecule has 80 valence electrons. The zero-order valence-corrected chi connectivity index (χ0v) is 8.79. The summed E-state index contributed by atoms with van der Waals surface area (Å²) in [6.07, 6.45) is 0. The molecule has 0 saturated heterocycles. The number of amidine groups is 1. The van der Waals surface area contributed by atoms with Crippen molar-refractivity contribution in [1.29, 1.82) is 0 Å². The van der Waals surface area contributed by atoms with Gasteiger partial charge in [0.2, 0.25) is 0 Å². The lowest BCUT2D eigenvalue weighted by Crippen LogP contribution is -2.16. The van der Waals surface area contributed by atoms with Crippen LogP contribution in [0.2, 0.25) is 0 Å². The number of hydrogen-bond acceptors (Lipinski definition) is 2. The highest BCUT2D eigenvalue weighted by Gasteiger charge is 2.05. The molecule has 0 aliphatic heterocycles. The number of nitrogens with zero attached hydrogens (tertiary/aromatic N) is 1. The van der Waals surface area contributed by atoms with Gasteiger partial charge in [-0.25, -0.2) is 4.39 Å². The van der Waals surface area contributed by atoms with Crippen LogP contribution in [-0.4, -0.2) is 12.9 Å². The van der Waals surface area contributed by atoms with Crippen molar-refractivity contribution in [3.05, 3.63) is 41.2 Å². The highest BCUT2D eigenvalue weighted by atomic mass is 19.1. The second-order valence-corrected chi connectivity index (χ2v) is 3.16. The molecule has 0 aliphatic rings. The summed E-state index contributed by atoms with van der Waals surface area (Å²) in [4.78, 5) is 3.82. The molecular weight excluding hydrogens is 193 g/mol. The Hall–Kier alpha value is -1.84. The molecule has 0 bridgehead atoms. The van der Waals surface area contributed by atoms with Gasteiger partial charge in [-0.05, 0) is 19.1 Å². The number of halogens is 1. The average Bonchev–Trinajstić information content (AvgIpc) is 2.26. The molecule has 4 heteroatoms. The van der Waals surface area contributed by atoms with Gasteiger partial charge in [-0.2, -0.15) is 0 Å². The zero-order chi connectivity index (χ0) is 11.4. The van der Waals surface area contributed by atoms with Crippen molar-refractivity contribution in [3.8, 4) is 0 Å². The van der Waals surface area contributed by atoms with Gasteiger partial charge in [-0.3, -0.25) is 4.99 Å². The van der Waals surface area contributed by atoms with Crippen molar-refractivity contribution in [2.24, 2.45) is 16.5 Å². The third kappa shape index (κ3) is 2.56. The predicted molar refractivity (Wildman–Crippen MR) is 60.7 cm³/mol. The first-order valence-corrected chi connectivity index (χ1v) is 4.51. The normalized spacial score (nSPS) is 13.7. The van der Waals surface area contributed by atoms with E-state index in [0.717, 1.165) is 0 Å². The number of hydrogen-bond donors (Lipinski definition) is 2. The van der Waals surface area contributed by atoms with Gasteiger partial charge >= 0.3 is 0 Å². The van der Waals surface area contributed by atoms with Crippen LogP contribution in [0, 0.1) is 5.82 Å². The molecule has 0 spiro atoms. The molecular formula is C11H14FN3. The molecule has 15 heavy (non-hydrogen) atoms. The van der Waals surface area contributed by atoms with Gasteiger partial charge in [0.05, 0.1) is 0 Å². The number of benzene rings is 1. The Balaban J connectivity index is 3.19. The van der Waals surface area contributed by atoms with Crippen LogP contribution in [0.5, 0.6) is 0 Å². The molecule has 1 rings (SSSR count). The molecule has 0 heterocycles. The van der Waals surface area contributed by atoms with Crippen molar-refractivity contribution < 1.29 is 4.39 Å². The Bertz CT molecular complexity index is 422. The lowest BCUT2D eigenvalue weighted by molar-refractivity contribution is 0.627. The van der Waals surface area contributed by atoms with Gasteiger partial charge in [0.25, 0.3) is 0 Å². The summed E-state index contributed by atoms with van der Waals surface area (Å²) in [5, 5.41) is 0. The predicted octanol–water partition coefficient (Wildman–Crippen LogP) is 1.50. The number of rotatable bonds is 2. The van der Waals surface area contributed by atoms with E-state index in [1.165, 1.54) is 12.1 Å². The Morgan fingerprint density at radius 1 is 1.33 bits per heavy atom. The van der Waals surface area contributed by atoms with E-state index >= 15 is 0 Å². The summed E-state index contributed by atoms with van der Waals surface area (Å²) in [6, 6.07) is 6.06. The third-order valence-corrected chi connectivity index (χ3v) is 2.16. The van der Waals surface area contributed by atoms with Crippen LogP contribution in [0.4, 0.5) is 4.39 Å². The van der Waals surface area contributed by atoms with E-state index in [1.807, 2.05) is 0 Å². The zero-order valence-electron chi connectivity index (χ0n) is 8.79. The van der Waals surface area contributed by atoms with Gasteiger partial charge in [0, 0.05) is 23.9 Å².